The molecule has 17 heavy (non-hydrogen) atoms. The molecule has 2 nitrogen and oxygen atoms in total. The van der Waals surface area contributed by atoms with Crippen LogP contribution in [0.25, 0.3) is 0 Å². The Labute approximate surface area is 110 Å². The Morgan fingerprint density at radius 2 is 2.00 bits per heavy atom. The molecule has 1 heterocycles. The summed E-state index contributed by atoms with van der Waals surface area (Å²) in [5, 5.41) is 0. The fraction of sp³-hybridized carbons (Fsp3) is 0.154. The minimum atomic E-state index is 0.463. The third-order valence-electron chi connectivity index (χ3n) is 2.24. The minimum absolute atomic E-state index is 0.463. The Bertz CT molecular complexity index is 487. The highest BCUT2D eigenvalue weighted by Gasteiger charge is 2.00. The van der Waals surface area contributed by atoms with E-state index in [2.05, 4.69) is 4.98 Å². The molecule has 0 radical (unpaired) electrons. The molecule has 0 aliphatic rings. The lowest BCUT2D eigenvalue weighted by atomic mass is 10.3. The summed E-state index contributed by atoms with van der Waals surface area (Å²) < 4.78 is 5.64. The average Bonchev–Trinajstić information content (AvgIpc) is 2.40. The molecule has 0 N–H and O–H groups in total. The van der Waals surface area contributed by atoms with E-state index in [0.717, 1.165) is 11.3 Å². The van der Waals surface area contributed by atoms with E-state index >= 15 is 0 Å². The lowest BCUT2D eigenvalue weighted by Gasteiger charge is -2.06. The van der Waals surface area contributed by atoms with Crippen molar-refractivity contribution in [2.75, 3.05) is 6.26 Å². The van der Waals surface area contributed by atoms with Gasteiger partial charge in [0.2, 0.25) is 5.88 Å². The van der Waals surface area contributed by atoms with Crippen LogP contribution in [0.4, 0.5) is 0 Å². The van der Waals surface area contributed by atoms with Crippen molar-refractivity contribution in [3.63, 3.8) is 0 Å². The number of alkyl halides is 1. The van der Waals surface area contributed by atoms with Gasteiger partial charge in [0, 0.05) is 23.0 Å². The summed E-state index contributed by atoms with van der Waals surface area (Å²) in [4.78, 5) is 5.35. The van der Waals surface area contributed by atoms with Crippen LogP contribution in [0.1, 0.15) is 5.56 Å². The fourth-order valence-corrected chi connectivity index (χ4v) is 1.93. The first-order valence-corrected chi connectivity index (χ1v) is 6.90. The molecule has 0 amide bonds. The molecule has 88 valence electrons. The zero-order valence-corrected chi connectivity index (χ0v) is 11.0. The number of hydrogen-bond donors (Lipinski definition) is 0. The van der Waals surface area contributed by atoms with E-state index in [0.29, 0.717) is 11.8 Å². The van der Waals surface area contributed by atoms with Crippen molar-refractivity contribution >= 4 is 23.4 Å². The van der Waals surface area contributed by atoms with Crippen LogP contribution >= 0.6 is 23.4 Å². The number of rotatable bonds is 4. The van der Waals surface area contributed by atoms with Crippen LogP contribution in [-0.2, 0) is 5.88 Å². The zero-order chi connectivity index (χ0) is 12.1. The second kappa shape index (κ2) is 5.94. The van der Waals surface area contributed by atoms with Crippen LogP contribution in [0.15, 0.2) is 47.5 Å². The molecule has 0 fully saturated rings. The Balaban J connectivity index is 2.13. The van der Waals surface area contributed by atoms with Crippen molar-refractivity contribution in [2.24, 2.45) is 0 Å². The van der Waals surface area contributed by atoms with Crippen molar-refractivity contribution < 1.29 is 4.74 Å². The number of aromatic nitrogens is 1. The van der Waals surface area contributed by atoms with Gasteiger partial charge in [-0.05, 0) is 42.2 Å². The largest absolute Gasteiger partial charge is 0.439 e. The first-order chi connectivity index (χ1) is 8.31. The molecule has 0 saturated carbocycles. The van der Waals surface area contributed by atoms with E-state index in [-0.39, 0.29) is 0 Å². The molecule has 0 aliphatic carbocycles. The molecule has 1 aromatic heterocycles. The van der Waals surface area contributed by atoms with Gasteiger partial charge in [-0.1, -0.05) is 0 Å². The molecule has 0 saturated heterocycles. The monoisotopic (exact) mass is 265 g/mol. The first kappa shape index (κ1) is 12.3. The fourth-order valence-electron chi connectivity index (χ4n) is 1.35. The molecular formula is C13H12ClNOS. The summed E-state index contributed by atoms with van der Waals surface area (Å²) in [5.41, 5.74) is 0.998. The number of thioether (sulfide) groups is 1. The molecule has 0 atom stereocenters. The molecule has 1 aromatic carbocycles. The Morgan fingerprint density at radius 1 is 1.24 bits per heavy atom. The van der Waals surface area contributed by atoms with Gasteiger partial charge in [-0.25, -0.2) is 4.98 Å². The molecule has 0 spiro atoms. The summed E-state index contributed by atoms with van der Waals surface area (Å²) >= 11 is 7.46. The third kappa shape index (κ3) is 3.38. The molecular weight excluding hydrogens is 254 g/mol. The summed E-state index contributed by atoms with van der Waals surface area (Å²) in [5.74, 6) is 1.81. The van der Waals surface area contributed by atoms with Crippen molar-refractivity contribution in [1.82, 2.24) is 4.98 Å². The van der Waals surface area contributed by atoms with E-state index in [1.807, 2.05) is 42.7 Å². The third-order valence-corrected chi connectivity index (χ3v) is 3.29. The quantitative estimate of drug-likeness (QED) is 0.607. The second-order valence-corrected chi connectivity index (χ2v) is 4.56. The standard InChI is InChI=1S/C13H12ClNOS/c1-17-12-4-2-11(3-5-12)16-13-8-10(9-14)6-7-15-13/h2-8H,9H2,1H3. The van der Waals surface area contributed by atoms with Crippen LogP contribution in [0, 0.1) is 0 Å². The number of nitrogens with zero attached hydrogens (tertiary/aromatic N) is 1. The Hall–Kier alpha value is -1.19. The first-order valence-electron chi connectivity index (χ1n) is 5.14. The number of ether oxygens (including phenoxy) is 1. The number of hydrogen-bond acceptors (Lipinski definition) is 3. The van der Waals surface area contributed by atoms with Crippen LogP contribution in [0.5, 0.6) is 11.6 Å². The lowest BCUT2D eigenvalue weighted by Crippen LogP contribution is -1.89. The lowest BCUT2D eigenvalue weighted by molar-refractivity contribution is 0.462. The van der Waals surface area contributed by atoms with E-state index in [9.17, 15) is 0 Å². The highest BCUT2D eigenvalue weighted by Crippen LogP contribution is 2.23. The van der Waals surface area contributed by atoms with Gasteiger partial charge in [-0.2, -0.15) is 0 Å². The number of halogens is 1. The highest BCUT2D eigenvalue weighted by molar-refractivity contribution is 7.98. The van der Waals surface area contributed by atoms with E-state index in [4.69, 9.17) is 16.3 Å². The van der Waals surface area contributed by atoms with Gasteiger partial charge in [-0.15, -0.1) is 23.4 Å². The van der Waals surface area contributed by atoms with Crippen molar-refractivity contribution in [2.45, 2.75) is 10.8 Å². The molecule has 4 heteroatoms. The van der Waals surface area contributed by atoms with Gasteiger partial charge in [0.05, 0.1) is 0 Å². The molecule has 0 unspecified atom stereocenters. The Morgan fingerprint density at radius 3 is 2.65 bits per heavy atom. The second-order valence-electron chi connectivity index (χ2n) is 3.41. The normalized spacial score (nSPS) is 10.2. The average molecular weight is 266 g/mol. The number of pyridine rings is 1. The van der Waals surface area contributed by atoms with E-state index in [1.165, 1.54) is 4.90 Å². The predicted octanol–water partition coefficient (Wildman–Crippen LogP) is 4.33. The maximum absolute atomic E-state index is 5.76. The summed E-state index contributed by atoms with van der Waals surface area (Å²) in [7, 11) is 0. The molecule has 0 bridgehead atoms. The summed E-state index contributed by atoms with van der Waals surface area (Å²) in [6, 6.07) is 11.6. The molecule has 2 aromatic rings. The van der Waals surface area contributed by atoms with Crippen LogP contribution in [0.2, 0.25) is 0 Å². The molecule has 2 rings (SSSR count). The van der Waals surface area contributed by atoms with Gasteiger partial charge in [0.25, 0.3) is 0 Å². The maximum atomic E-state index is 5.76. The molecule has 0 aliphatic heterocycles. The van der Waals surface area contributed by atoms with Gasteiger partial charge < -0.3 is 4.74 Å². The van der Waals surface area contributed by atoms with Gasteiger partial charge >= 0.3 is 0 Å². The van der Waals surface area contributed by atoms with Crippen molar-refractivity contribution in [3.8, 4) is 11.6 Å². The SMILES string of the molecule is CSc1ccc(Oc2cc(CCl)ccn2)cc1. The van der Waals surface area contributed by atoms with Gasteiger partial charge in [0.1, 0.15) is 5.75 Å². The van der Waals surface area contributed by atoms with Crippen LogP contribution in [0.3, 0.4) is 0 Å². The summed E-state index contributed by atoms with van der Waals surface area (Å²) in [6.45, 7) is 0. The van der Waals surface area contributed by atoms with Gasteiger partial charge in [-0.3, -0.25) is 0 Å². The Kier molecular flexibility index (Phi) is 4.29. The predicted molar refractivity (Wildman–Crippen MR) is 72.1 cm³/mol. The highest BCUT2D eigenvalue weighted by atomic mass is 35.5. The number of benzene rings is 1. The topological polar surface area (TPSA) is 22.1 Å². The summed E-state index contributed by atoms with van der Waals surface area (Å²) in [6.07, 6.45) is 3.74. The van der Waals surface area contributed by atoms with Gasteiger partial charge in [0.15, 0.2) is 0 Å². The van der Waals surface area contributed by atoms with Crippen LogP contribution < -0.4 is 4.74 Å². The van der Waals surface area contributed by atoms with Crippen LogP contribution in [-0.4, -0.2) is 11.2 Å². The zero-order valence-electron chi connectivity index (χ0n) is 9.39. The minimum Gasteiger partial charge on any atom is -0.439 e. The van der Waals surface area contributed by atoms with E-state index < -0.39 is 0 Å². The van der Waals surface area contributed by atoms with Crippen molar-refractivity contribution in [3.05, 3.63) is 48.2 Å². The maximum Gasteiger partial charge on any atom is 0.219 e. The smallest absolute Gasteiger partial charge is 0.219 e. The van der Waals surface area contributed by atoms with E-state index in [1.54, 1.807) is 18.0 Å². The van der Waals surface area contributed by atoms with Crippen molar-refractivity contribution in [1.29, 1.82) is 0 Å².